The lowest BCUT2D eigenvalue weighted by molar-refractivity contribution is -0.144. The average Bonchev–Trinajstić information content (AvgIpc) is 3.08. The first-order chi connectivity index (χ1) is 15.2. The normalized spacial score (nSPS) is 22.2. The summed E-state index contributed by atoms with van der Waals surface area (Å²) in [5, 5.41) is 9.64. The number of hydrogen-bond donors (Lipinski definition) is 1. The number of hydrogen-bond acceptors (Lipinski definition) is 4. The Morgan fingerprint density at radius 2 is 1.91 bits per heavy atom. The van der Waals surface area contributed by atoms with E-state index in [-0.39, 0.29) is 11.7 Å². The van der Waals surface area contributed by atoms with E-state index in [1.165, 1.54) is 12.1 Å². The predicted molar refractivity (Wildman–Crippen MR) is 119 cm³/mol. The largest absolute Gasteiger partial charge is 0.336 e. The van der Waals surface area contributed by atoms with Crippen molar-refractivity contribution < 1.29 is 17.6 Å². The summed E-state index contributed by atoms with van der Waals surface area (Å²) in [5.41, 5.74) is 1.52. The van der Waals surface area contributed by atoms with Crippen LogP contribution in [0.5, 0.6) is 0 Å². The molecule has 1 saturated carbocycles. The third-order valence-electron chi connectivity index (χ3n) is 6.53. The minimum Gasteiger partial charge on any atom is -0.336 e. The quantitative estimate of drug-likeness (QED) is 0.724. The molecule has 1 amide bonds. The lowest BCUT2D eigenvalue weighted by atomic mass is 9.69. The smallest absolute Gasteiger partial charge is 0.243 e. The van der Waals surface area contributed by atoms with Crippen molar-refractivity contribution in [1.29, 1.82) is 5.26 Å². The fourth-order valence-corrected chi connectivity index (χ4v) is 5.56. The van der Waals surface area contributed by atoms with Crippen molar-refractivity contribution in [2.75, 3.05) is 12.8 Å². The van der Waals surface area contributed by atoms with Gasteiger partial charge in [-0.15, -0.1) is 0 Å². The van der Waals surface area contributed by atoms with E-state index in [1.54, 1.807) is 11.0 Å². The van der Waals surface area contributed by atoms with Gasteiger partial charge in [-0.3, -0.25) is 4.79 Å². The zero-order valence-corrected chi connectivity index (χ0v) is 18.7. The maximum atomic E-state index is 13.7. The van der Waals surface area contributed by atoms with Gasteiger partial charge in [-0.2, -0.15) is 5.26 Å². The van der Waals surface area contributed by atoms with E-state index in [9.17, 15) is 22.9 Å². The summed E-state index contributed by atoms with van der Waals surface area (Å²) >= 11 is 0. The van der Waals surface area contributed by atoms with Gasteiger partial charge in [0, 0.05) is 12.6 Å². The first-order valence-corrected chi connectivity index (χ1v) is 12.6. The summed E-state index contributed by atoms with van der Waals surface area (Å²) in [6, 6.07) is 15.3. The Morgan fingerprint density at radius 3 is 2.50 bits per heavy atom. The van der Waals surface area contributed by atoms with Crippen LogP contribution in [0, 0.1) is 22.6 Å². The van der Waals surface area contributed by atoms with Gasteiger partial charge in [-0.1, -0.05) is 36.4 Å². The Labute approximate surface area is 188 Å². The molecule has 2 atom stereocenters. The first-order valence-electron chi connectivity index (χ1n) is 10.8. The topological polar surface area (TPSA) is 90.3 Å². The van der Waals surface area contributed by atoms with E-state index >= 15 is 0 Å². The molecule has 1 N–H and O–H groups in total. The molecule has 4 rings (SSSR count). The van der Waals surface area contributed by atoms with E-state index in [0.717, 1.165) is 29.4 Å². The number of sulfonamides is 1. The maximum absolute atomic E-state index is 13.7. The van der Waals surface area contributed by atoms with E-state index in [0.29, 0.717) is 32.2 Å². The van der Waals surface area contributed by atoms with Crippen LogP contribution in [0.4, 0.5) is 4.39 Å². The molecule has 2 fully saturated rings. The summed E-state index contributed by atoms with van der Waals surface area (Å²) in [6.07, 6.45) is 3.98. The van der Waals surface area contributed by atoms with Gasteiger partial charge >= 0.3 is 0 Å². The lowest BCUT2D eigenvalue weighted by Gasteiger charge is -2.39. The molecular formula is C24H26FN3O3S. The summed E-state index contributed by atoms with van der Waals surface area (Å²) in [7, 11) is -3.47. The zero-order valence-electron chi connectivity index (χ0n) is 17.9. The van der Waals surface area contributed by atoms with E-state index in [1.807, 2.05) is 30.3 Å². The Bertz CT molecular complexity index is 1170. The monoisotopic (exact) mass is 455 g/mol. The number of carbonyl (C=O) groups excluding carboxylic acids is 1. The molecule has 8 heteroatoms. The Hall–Kier alpha value is -2.76. The number of carbonyl (C=O) groups is 1. The third-order valence-corrected chi connectivity index (χ3v) is 7.26. The van der Waals surface area contributed by atoms with Gasteiger partial charge in [0.05, 0.1) is 18.4 Å². The molecule has 168 valence electrons. The third kappa shape index (κ3) is 4.54. The van der Waals surface area contributed by atoms with Gasteiger partial charge in [0.1, 0.15) is 11.2 Å². The summed E-state index contributed by atoms with van der Waals surface area (Å²) in [6.45, 7) is 0.406. The van der Waals surface area contributed by atoms with Crippen LogP contribution in [-0.2, 0) is 21.2 Å². The highest BCUT2D eigenvalue weighted by Gasteiger charge is 2.50. The van der Waals surface area contributed by atoms with Crippen LogP contribution in [0.25, 0.3) is 11.1 Å². The molecule has 0 radical (unpaired) electrons. The highest BCUT2D eigenvalue weighted by Crippen LogP contribution is 2.43. The molecule has 0 spiro atoms. The predicted octanol–water partition coefficient (Wildman–Crippen LogP) is 3.25. The second kappa shape index (κ2) is 8.64. The summed E-state index contributed by atoms with van der Waals surface area (Å²) < 4.78 is 40.3. The Balaban J connectivity index is 1.63. The molecule has 0 unspecified atom stereocenters. The Morgan fingerprint density at radius 1 is 1.22 bits per heavy atom. The van der Waals surface area contributed by atoms with Gasteiger partial charge in [-0.05, 0) is 60.9 Å². The zero-order chi connectivity index (χ0) is 22.9. The van der Waals surface area contributed by atoms with Gasteiger partial charge in [0.15, 0.2) is 0 Å². The molecule has 2 aliphatic rings. The second-order valence-electron chi connectivity index (χ2n) is 8.81. The van der Waals surface area contributed by atoms with Crippen LogP contribution in [0.15, 0.2) is 48.5 Å². The second-order valence-corrected chi connectivity index (χ2v) is 10.6. The number of benzene rings is 2. The van der Waals surface area contributed by atoms with Crippen molar-refractivity contribution in [2.45, 2.75) is 44.2 Å². The van der Waals surface area contributed by atoms with Gasteiger partial charge in [0.25, 0.3) is 0 Å². The van der Waals surface area contributed by atoms with Crippen LogP contribution >= 0.6 is 0 Å². The highest BCUT2D eigenvalue weighted by atomic mass is 32.2. The molecule has 1 aliphatic carbocycles. The maximum Gasteiger partial charge on any atom is 0.243 e. The fraction of sp³-hybridized carbons (Fsp3) is 0.417. The van der Waals surface area contributed by atoms with Crippen LogP contribution in [0.3, 0.4) is 0 Å². The van der Waals surface area contributed by atoms with Crippen LogP contribution in [-0.4, -0.2) is 44.1 Å². The number of halogens is 1. The molecule has 6 nitrogen and oxygen atoms in total. The molecule has 1 aliphatic heterocycles. The number of likely N-dealkylation sites (tertiary alicyclic amines) is 1. The fourth-order valence-electron chi connectivity index (χ4n) is 4.74. The molecule has 0 bridgehead atoms. The number of nitriles is 1. The van der Waals surface area contributed by atoms with Crippen molar-refractivity contribution in [1.82, 2.24) is 9.62 Å². The molecule has 0 aromatic heterocycles. The first kappa shape index (κ1) is 22.4. The van der Waals surface area contributed by atoms with Gasteiger partial charge in [-0.25, -0.2) is 17.5 Å². The van der Waals surface area contributed by atoms with Crippen LogP contribution in [0.2, 0.25) is 0 Å². The summed E-state index contributed by atoms with van der Waals surface area (Å²) in [4.78, 5) is 15.0. The van der Waals surface area contributed by atoms with Crippen molar-refractivity contribution >= 4 is 15.9 Å². The number of amides is 1. The van der Waals surface area contributed by atoms with Crippen molar-refractivity contribution in [3.8, 4) is 17.2 Å². The Kier molecular flexibility index (Phi) is 6.06. The lowest BCUT2D eigenvalue weighted by Crippen LogP contribution is -2.53. The van der Waals surface area contributed by atoms with Crippen molar-refractivity contribution in [3.63, 3.8) is 0 Å². The van der Waals surface area contributed by atoms with Crippen molar-refractivity contribution in [3.05, 3.63) is 59.9 Å². The van der Waals surface area contributed by atoms with E-state index < -0.39 is 27.5 Å². The molecule has 1 saturated heterocycles. The SMILES string of the molecule is CS(=O)(=O)N[C@H]1CCN(C(=O)C2(C#N)CCC2)[C@H]1Cc1cccc(-c2cccc(F)c2)c1. The molecule has 2 aromatic rings. The van der Waals surface area contributed by atoms with Gasteiger partial charge < -0.3 is 4.90 Å². The number of rotatable bonds is 6. The molecule has 1 heterocycles. The standard InChI is InChI=1S/C24H26FN3O3S/c1-32(30,31)27-21-9-12-28(23(29)24(16-26)10-4-11-24)22(21)14-17-5-2-6-18(13-17)19-7-3-8-20(25)15-19/h2-3,5-8,13,15,21-22,27H,4,9-12,14H2,1H3/t21-,22-/m0/s1. The summed E-state index contributed by atoms with van der Waals surface area (Å²) in [5.74, 6) is -0.518. The minimum atomic E-state index is -3.47. The van der Waals surface area contributed by atoms with E-state index in [4.69, 9.17) is 0 Å². The number of nitrogens with zero attached hydrogens (tertiary/aromatic N) is 2. The number of nitrogens with one attached hydrogen (secondary N) is 1. The van der Waals surface area contributed by atoms with Crippen LogP contribution < -0.4 is 4.72 Å². The van der Waals surface area contributed by atoms with E-state index in [2.05, 4.69) is 10.8 Å². The van der Waals surface area contributed by atoms with Crippen LogP contribution in [0.1, 0.15) is 31.2 Å². The van der Waals surface area contributed by atoms with Crippen molar-refractivity contribution in [2.24, 2.45) is 5.41 Å². The molecule has 2 aromatic carbocycles. The molecular weight excluding hydrogens is 429 g/mol. The minimum absolute atomic E-state index is 0.199. The molecule has 32 heavy (non-hydrogen) atoms. The highest BCUT2D eigenvalue weighted by molar-refractivity contribution is 7.88. The average molecular weight is 456 g/mol. The van der Waals surface area contributed by atoms with Gasteiger partial charge in [0.2, 0.25) is 15.9 Å².